The number of carbonyl (C=O) groups excluding carboxylic acids is 1. The Morgan fingerprint density at radius 3 is 2.48 bits per heavy atom. The standard InChI is InChI=1S/C35H41FN8O2/c1-24-6-8-28(33(45)39-30-11-10-29(31(36)19-30)22-43-16-14-42(5)15-17-43)18-27(24)9-7-26-20-37-34(38-21-26)40-32-23-44(41-25(32)2)13-12-35(3,4)46/h6,8,10-11,18-21,23,46H,12-17,22H2,1-5H3,(H,39,45)(H,37,38,40). The zero-order valence-corrected chi connectivity index (χ0v) is 27.1. The van der Waals surface area contributed by atoms with E-state index in [9.17, 15) is 14.3 Å². The highest BCUT2D eigenvalue weighted by atomic mass is 19.1. The Balaban J connectivity index is 1.20. The summed E-state index contributed by atoms with van der Waals surface area (Å²) in [5, 5.41) is 20.5. The van der Waals surface area contributed by atoms with Gasteiger partial charge in [0.05, 0.1) is 22.5 Å². The van der Waals surface area contributed by atoms with E-state index in [0.717, 1.165) is 43.1 Å². The van der Waals surface area contributed by atoms with Crippen molar-refractivity contribution in [3.05, 3.63) is 94.3 Å². The lowest BCUT2D eigenvalue weighted by molar-refractivity contribution is 0.0650. The van der Waals surface area contributed by atoms with Crippen molar-refractivity contribution in [1.29, 1.82) is 0 Å². The third-order valence-corrected chi connectivity index (χ3v) is 7.94. The first kappa shape index (κ1) is 32.8. The SMILES string of the molecule is Cc1ccc(C(=O)Nc2ccc(CN3CCN(C)CC3)c(F)c2)cc1C#Cc1cnc(Nc2cn(CCC(C)(C)O)nc2C)nc1. The van der Waals surface area contributed by atoms with Crippen LogP contribution in [0.1, 0.15) is 58.6 Å². The third kappa shape index (κ3) is 8.97. The summed E-state index contributed by atoms with van der Waals surface area (Å²) in [5.41, 5.74) is 4.48. The van der Waals surface area contributed by atoms with Gasteiger partial charge in [-0.15, -0.1) is 0 Å². The van der Waals surface area contributed by atoms with Gasteiger partial charge in [0.1, 0.15) is 5.82 Å². The minimum atomic E-state index is -0.766. The lowest BCUT2D eigenvalue weighted by Gasteiger charge is -2.32. The molecule has 0 bridgehead atoms. The molecule has 1 aliphatic rings. The summed E-state index contributed by atoms with van der Waals surface area (Å²) in [6.45, 7) is 12.2. The smallest absolute Gasteiger partial charge is 0.255 e. The number of hydrogen-bond donors (Lipinski definition) is 3. The average molecular weight is 625 g/mol. The van der Waals surface area contributed by atoms with Crippen molar-refractivity contribution in [2.75, 3.05) is 43.9 Å². The van der Waals surface area contributed by atoms with Crippen LogP contribution in [0.5, 0.6) is 0 Å². The maximum absolute atomic E-state index is 14.9. The molecule has 2 aromatic carbocycles. The number of halogens is 1. The molecule has 2 aromatic heterocycles. The van der Waals surface area contributed by atoms with Crippen molar-refractivity contribution < 1.29 is 14.3 Å². The van der Waals surface area contributed by atoms with Crippen LogP contribution in [-0.2, 0) is 13.1 Å². The second-order valence-corrected chi connectivity index (χ2v) is 12.5. The molecule has 1 amide bonds. The molecule has 1 saturated heterocycles. The Morgan fingerprint density at radius 1 is 1.04 bits per heavy atom. The maximum atomic E-state index is 14.9. The molecule has 0 atom stereocenters. The average Bonchev–Trinajstić information content (AvgIpc) is 3.37. The molecule has 1 aliphatic heterocycles. The molecule has 0 aliphatic carbocycles. The van der Waals surface area contributed by atoms with E-state index in [0.29, 0.717) is 53.4 Å². The summed E-state index contributed by atoms with van der Waals surface area (Å²) < 4.78 is 16.7. The van der Waals surface area contributed by atoms with Gasteiger partial charge in [-0.3, -0.25) is 14.4 Å². The van der Waals surface area contributed by atoms with E-state index in [1.807, 2.05) is 26.1 Å². The minimum Gasteiger partial charge on any atom is -0.390 e. The van der Waals surface area contributed by atoms with Crippen LogP contribution in [0.4, 0.5) is 21.7 Å². The van der Waals surface area contributed by atoms with Crippen LogP contribution in [0.25, 0.3) is 0 Å². The molecule has 1 fully saturated rings. The molecule has 46 heavy (non-hydrogen) atoms. The number of anilines is 3. The van der Waals surface area contributed by atoms with Crippen molar-refractivity contribution in [3.63, 3.8) is 0 Å². The van der Waals surface area contributed by atoms with Gasteiger partial charge in [-0.2, -0.15) is 5.10 Å². The van der Waals surface area contributed by atoms with Gasteiger partial charge in [0.2, 0.25) is 5.95 Å². The van der Waals surface area contributed by atoms with E-state index in [1.54, 1.807) is 55.2 Å². The largest absolute Gasteiger partial charge is 0.390 e. The van der Waals surface area contributed by atoms with Crippen molar-refractivity contribution in [2.45, 2.75) is 52.8 Å². The van der Waals surface area contributed by atoms with Gasteiger partial charge in [-0.1, -0.05) is 24.0 Å². The molecule has 0 radical (unpaired) electrons. The van der Waals surface area contributed by atoms with Gasteiger partial charge < -0.3 is 20.6 Å². The highest BCUT2D eigenvalue weighted by Crippen LogP contribution is 2.20. The predicted octanol–water partition coefficient (Wildman–Crippen LogP) is 4.73. The normalized spacial score (nSPS) is 14.1. The zero-order valence-electron chi connectivity index (χ0n) is 27.1. The number of rotatable bonds is 9. The van der Waals surface area contributed by atoms with Crippen LogP contribution in [0, 0.1) is 31.5 Å². The Kier molecular flexibility index (Phi) is 10.1. The van der Waals surface area contributed by atoms with Crippen molar-refractivity contribution in [2.24, 2.45) is 0 Å². The summed E-state index contributed by atoms with van der Waals surface area (Å²) in [7, 11) is 2.09. The van der Waals surface area contributed by atoms with Gasteiger partial charge in [0.25, 0.3) is 5.91 Å². The molecule has 11 heteroatoms. The molecule has 10 nitrogen and oxygen atoms in total. The summed E-state index contributed by atoms with van der Waals surface area (Å²) in [6.07, 6.45) is 5.70. The van der Waals surface area contributed by atoms with E-state index >= 15 is 0 Å². The molecule has 0 spiro atoms. The predicted molar refractivity (Wildman–Crippen MR) is 177 cm³/mol. The summed E-state index contributed by atoms with van der Waals surface area (Å²) >= 11 is 0. The lowest BCUT2D eigenvalue weighted by Crippen LogP contribution is -2.44. The van der Waals surface area contributed by atoms with E-state index in [4.69, 9.17) is 0 Å². The first-order valence-electron chi connectivity index (χ1n) is 15.4. The molecular formula is C35H41FN8O2. The van der Waals surface area contributed by atoms with Gasteiger partial charge in [0.15, 0.2) is 0 Å². The zero-order chi connectivity index (χ0) is 32.8. The Bertz CT molecular complexity index is 1740. The van der Waals surface area contributed by atoms with Gasteiger partial charge in [-0.05, 0) is 71.0 Å². The van der Waals surface area contributed by atoms with E-state index in [2.05, 4.69) is 54.4 Å². The molecule has 4 aromatic rings. The van der Waals surface area contributed by atoms with Crippen molar-refractivity contribution in [3.8, 4) is 11.8 Å². The number of hydrogen-bond acceptors (Lipinski definition) is 8. The number of aryl methyl sites for hydroxylation is 3. The van der Waals surface area contributed by atoms with Crippen LogP contribution in [-0.4, -0.2) is 79.4 Å². The summed E-state index contributed by atoms with van der Waals surface area (Å²) in [5.74, 6) is 5.94. The Morgan fingerprint density at radius 2 is 1.78 bits per heavy atom. The third-order valence-electron chi connectivity index (χ3n) is 7.94. The number of benzene rings is 2. The fourth-order valence-corrected chi connectivity index (χ4v) is 4.96. The monoisotopic (exact) mass is 624 g/mol. The summed E-state index contributed by atoms with van der Waals surface area (Å²) in [6, 6.07) is 10.2. The van der Waals surface area contributed by atoms with Crippen molar-refractivity contribution in [1.82, 2.24) is 29.5 Å². The maximum Gasteiger partial charge on any atom is 0.255 e. The van der Waals surface area contributed by atoms with E-state index in [1.165, 1.54) is 6.07 Å². The number of aliphatic hydroxyl groups is 1. The molecule has 0 saturated carbocycles. The second kappa shape index (κ2) is 14.2. The number of aromatic nitrogens is 4. The van der Waals surface area contributed by atoms with Crippen LogP contribution in [0.15, 0.2) is 55.0 Å². The minimum absolute atomic E-state index is 0.331. The number of nitrogens with one attached hydrogen (secondary N) is 2. The Hall–Kier alpha value is -4.63. The first-order chi connectivity index (χ1) is 21.9. The van der Waals surface area contributed by atoms with Crippen LogP contribution >= 0.6 is 0 Å². The highest BCUT2D eigenvalue weighted by Gasteiger charge is 2.17. The quantitative estimate of drug-likeness (QED) is 0.229. The number of amides is 1. The Labute approximate surface area is 269 Å². The van der Waals surface area contributed by atoms with Crippen LogP contribution in [0.2, 0.25) is 0 Å². The van der Waals surface area contributed by atoms with Gasteiger partial charge >= 0.3 is 0 Å². The van der Waals surface area contributed by atoms with Crippen LogP contribution in [0.3, 0.4) is 0 Å². The fraction of sp³-hybridized carbons (Fsp3) is 0.371. The molecule has 0 unspecified atom stereocenters. The topological polar surface area (TPSA) is 111 Å². The molecule has 3 N–H and O–H groups in total. The second-order valence-electron chi connectivity index (χ2n) is 12.5. The van der Waals surface area contributed by atoms with Gasteiger partial charge in [-0.25, -0.2) is 14.4 Å². The summed E-state index contributed by atoms with van der Waals surface area (Å²) in [4.78, 5) is 26.3. The van der Waals surface area contributed by atoms with Crippen LogP contribution < -0.4 is 10.6 Å². The molecular weight excluding hydrogens is 583 g/mol. The van der Waals surface area contributed by atoms with E-state index in [-0.39, 0.29) is 11.7 Å². The van der Waals surface area contributed by atoms with Crippen molar-refractivity contribution >= 4 is 23.2 Å². The van der Waals surface area contributed by atoms with Gasteiger partial charge in [0, 0.05) is 80.2 Å². The number of likely N-dealkylation sites (N-methyl/N-ethyl adjacent to an activating group) is 1. The lowest BCUT2D eigenvalue weighted by atomic mass is 10.0. The van der Waals surface area contributed by atoms with E-state index < -0.39 is 5.60 Å². The molecule has 3 heterocycles. The molecule has 240 valence electrons. The number of carbonyl (C=O) groups is 1. The molecule has 5 rings (SSSR count). The number of nitrogens with zero attached hydrogens (tertiary/aromatic N) is 6. The highest BCUT2D eigenvalue weighted by molar-refractivity contribution is 6.04. The fourth-order valence-electron chi connectivity index (χ4n) is 4.96. The number of piperazine rings is 1. The first-order valence-corrected chi connectivity index (χ1v) is 15.4.